The number of para-hydroxylation sites is 1. The topological polar surface area (TPSA) is 64.0 Å². The highest BCUT2D eigenvalue weighted by Crippen LogP contribution is 2.16. The SMILES string of the molecule is CCc1ccccc1NC(=O)Cn1ncc(Cl)c(Cl)c1=O. The van der Waals surface area contributed by atoms with E-state index in [1.807, 2.05) is 31.2 Å². The highest BCUT2D eigenvalue weighted by atomic mass is 35.5. The molecule has 0 aliphatic carbocycles. The number of halogens is 2. The van der Waals surface area contributed by atoms with Crippen LogP contribution in [0.3, 0.4) is 0 Å². The maximum absolute atomic E-state index is 12.0. The standard InChI is InChI=1S/C14H13Cl2N3O2/c1-2-9-5-3-4-6-11(9)18-12(20)8-19-14(21)13(16)10(15)7-17-19/h3-7H,2,8H2,1H3,(H,18,20). The molecule has 0 saturated carbocycles. The number of carbonyl (C=O) groups is 1. The lowest BCUT2D eigenvalue weighted by Gasteiger charge is -2.10. The molecule has 110 valence electrons. The van der Waals surface area contributed by atoms with Gasteiger partial charge in [-0.2, -0.15) is 5.10 Å². The number of amides is 1. The first-order valence-corrected chi connectivity index (χ1v) is 7.07. The summed E-state index contributed by atoms with van der Waals surface area (Å²) in [5.41, 5.74) is 1.14. The van der Waals surface area contributed by atoms with E-state index in [0.29, 0.717) is 0 Å². The van der Waals surface area contributed by atoms with Crippen LogP contribution < -0.4 is 10.9 Å². The van der Waals surface area contributed by atoms with E-state index in [2.05, 4.69) is 10.4 Å². The first-order chi connectivity index (χ1) is 10.0. The molecule has 0 bridgehead atoms. The van der Waals surface area contributed by atoms with Crippen molar-refractivity contribution in [3.63, 3.8) is 0 Å². The summed E-state index contributed by atoms with van der Waals surface area (Å²) >= 11 is 11.4. The van der Waals surface area contributed by atoms with Gasteiger partial charge in [-0.3, -0.25) is 9.59 Å². The molecule has 2 rings (SSSR count). The lowest BCUT2D eigenvalue weighted by molar-refractivity contribution is -0.117. The number of hydrogen-bond donors (Lipinski definition) is 1. The van der Waals surface area contributed by atoms with Crippen molar-refractivity contribution in [2.24, 2.45) is 0 Å². The van der Waals surface area contributed by atoms with Crippen LogP contribution in [0.15, 0.2) is 35.3 Å². The number of nitrogens with one attached hydrogen (secondary N) is 1. The molecule has 21 heavy (non-hydrogen) atoms. The molecule has 0 radical (unpaired) electrons. The average Bonchev–Trinajstić information content (AvgIpc) is 2.48. The van der Waals surface area contributed by atoms with Gasteiger partial charge in [-0.05, 0) is 18.1 Å². The second-order valence-electron chi connectivity index (χ2n) is 4.33. The number of anilines is 1. The molecule has 0 aliphatic heterocycles. The van der Waals surface area contributed by atoms with Gasteiger partial charge in [0.1, 0.15) is 11.6 Å². The largest absolute Gasteiger partial charge is 0.324 e. The Kier molecular flexibility index (Phi) is 4.98. The van der Waals surface area contributed by atoms with E-state index < -0.39 is 5.56 Å². The van der Waals surface area contributed by atoms with Crippen LogP contribution in [0.5, 0.6) is 0 Å². The number of nitrogens with zero attached hydrogens (tertiary/aromatic N) is 2. The van der Waals surface area contributed by atoms with Crippen molar-refractivity contribution in [3.8, 4) is 0 Å². The van der Waals surface area contributed by atoms with Crippen LogP contribution >= 0.6 is 23.2 Å². The molecule has 0 atom stereocenters. The maximum Gasteiger partial charge on any atom is 0.287 e. The average molecular weight is 326 g/mol. The van der Waals surface area contributed by atoms with E-state index in [9.17, 15) is 9.59 Å². The predicted molar refractivity (Wildman–Crippen MR) is 83.0 cm³/mol. The van der Waals surface area contributed by atoms with Gasteiger partial charge in [0, 0.05) is 5.69 Å². The molecule has 0 fully saturated rings. The van der Waals surface area contributed by atoms with E-state index in [0.717, 1.165) is 22.4 Å². The van der Waals surface area contributed by atoms with Crippen molar-refractivity contribution in [2.75, 3.05) is 5.32 Å². The van der Waals surface area contributed by atoms with Gasteiger partial charge < -0.3 is 5.32 Å². The molecule has 0 aliphatic rings. The minimum absolute atomic E-state index is 0.0645. The van der Waals surface area contributed by atoms with Gasteiger partial charge in [-0.15, -0.1) is 0 Å². The third-order valence-electron chi connectivity index (χ3n) is 2.91. The van der Waals surface area contributed by atoms with Gasteiger partial charge >= 0.3 is 0 Å². The van der Waals surface area contributed by atoms with Gasteiger partial charge in [0.2, 0.25) is 5.91 Å². The van der Waals surface area contributed by atoms with Crippen molar-refractivity contribution >= 4 is 34.8 Å². The van der Waals surface area contributed by atoms with Crippen molar-refractivity contribution in [1.29, 1.82) is 0 Å². The van der Waals surface area contributed by atoms with Crippen LogP contribution in [0.2, 0.25) is 10.0 Å². The van der Waals surface area contributed by atoms with Crippen molar-refractivity contribution in [1.82, 2.24) is 9.78 Å². The van der Waals surface area contributed by atoms with Crippen LogP contribution in [0, 0.1) is 0 Å². The first kappa shape index (κ1) is 15.5. The number of rotatable bonds is 4. The molecule has 0 spiro atoms. The Morgan fingerprint density at radius 1 is 1.33 bits per heavy atom. The fourth-order valence-corrected chi connectivity index (χ4v) is 2.10. The van der Waals surface area contributed by atoms with E-state index in [1.54, 1.807) is 0 Å². The molecular formula is C14H13Cl2N3O2. The summed E-state index contributed by atoms with van der Waals surface area (Å²) < 4.78 is 0.970. The Morgan fingerprint density at radius 3 is 2.76 bits per heavy atom. The molecule has 1 aromatic carbocycles. The highest BCUT2D eigenvalue weighted by Gasteiger charge is 2.11. The lowest BCUT2D eigenvalue weighted by atomic mass is 10.1. The molecule has 0 unspecified atom stereocenters. The smallest absolute Gasteiger partial charge is 0.287 e. The summed E-state index contributed by atoms with van der Waals surface area (Å²) in [6, 6.07) is 7.47. The number of benzene rings is 1. The zero-order chi connectivity index (χ0) is 15.4. The van der Waals surface area contributed by atoms with E-state index in [-0.39, 0.29) is 22.5 Å². The lowest BCUT2D eigenvalue weighted by Crippen LogP contribution is -2.30. The Morgan fingerprint density at radius 2 is 2.05 bits per heavy atom. The molecule has 0 saturated heterocycles. The molecule has 1 heterocycles. The van der Waals surface area contributed by atoms with Crippen LogP contribution in [0.1, 0.15) is 12.5 Å². The Balaban J connectivity index is 2.16. The minimum atomic E-state index is -0.594. The van der Waals surface area contributed by atoms with Gasteiger partial charge in [0.25, 0.3) is 5.56 Å². The summed E-state index contributed by atoms with van der Waals surface area (Å²) in [7, 11) is 0. The van der Waals surface area contributed by atoms with Gasteiger partial charge in [0.05, 0.1) is 11.2 Å². The predicted octanol–water partition coefficient (Wildman–Crippen LogP) is 2.75. The normalized spacial score (nSPS) is 10.4. The Labute approximate surface area is 131 Å². The van der Waals surface area contributed by atoms with Crippen LogP contribution in [-0.2, 0) is 17.8 Å². The van der Waals surface area contributed by atoms with Crippen molar-refractivity contribution < 1.29 is 4.79 Å². The number of aromatic nitrogens is 2. The van der Waals surface area contributed by atoms with E-state index in [4.69, 9.17) is 23.2 Å². The maximum atomic E-state index is 12.0. The number of hydrogen-bond acceptors (Lipinski definition) is 3. The molecule has 1 amide bonds. The van der Waals surface area contributed by atoms with E-state index >= 15 is 0 Å². The summed E-state index contributed by atoms with van der Waals surface area (Å²) in [6.45, 7) is 1.77. The molecule has 1 aromatic heterocycles. The van der Waals surface area contributed by atoms with Crippen molar-refractivity contribution in [2.45, 2.75) is 19.9 Å². The minimum Gasteiger partial charge on any atom is -0.324 e. The number of aryl methyl sites for hydroxylation is 1. The third-order valence-corrected chi connectivity index (χ3v) is 3.66. The zero-order valence-electron chi connectivity index (χ0n) is 11.3. The first-order valence-electron chi connectivity index (χ1n) is 6.31. The van der Waals surface area contributed by atoms with E-state index in [1.165, 1.54) is 6.20 Å². The Bertz CT molecular complexity index is 728. The zero-order valence-corrected chi connectivity index (χ0v) is 12.8. The van der Waals surface area contributed by atoms with Gasteiger partial charge in [-0.1, -0.05) is 48.3 Å². The summed E-state index contributed by atoms with van der Waals surface area (Å²) in [6.07, 6.45) is 2.03. The second kappa shape index (κ2) is 6.74. The van der Waals surface area contributed by atoms with Crippen LogP contribution in [-0.4, -0.2) is 15.7 Å². The molecule has 1 N–H and O–H groups in total. The highest BCUT2D eigenvalue weighted by molar-refractivity contribution is 6.41. The van der Waals surface area contributed by atoms with Crippen molar-refractivity contribution in [3.05, 3.63) is 56.4 Å². The monoisotopic (exact) mass is 325 g/mol. The molecule has 5 nitrogen and oxygen atoms in total. The summed E-state index contributed by atoms with van der Waals surface area (Å²) in [4.78, 5) is 23.8. The summed E-state index contributed by atoms with van der Waals surface area (Å²) in [5, 5.41) is 6.47. The molecular weight excluding hydrogens is 313 g/mol. The number of carbonyl (C=O) groups excluding carboxylic acids is 1. The Hall–Kier alpha value is -1.85. The molecule has 2 aromatic rings. The molecule has 7 heteroatoms. The van der Waals surface area contributed by atoms with Gasteiger partial charge in [-0.25, -0.2) is 4.68 Å². The quantitative estimate of drug-likeness (QED) is 0.940. The third kappa shape index (κ3) is 3.62. The van der Waals surface area contributed by atoms with Crippen LogP contribution in [0.25, 0.3) is 0 Å². The second-order valence-corrected chi connectivity index (χ2v) is 5.11. The van der Waals surface area contributed by atoms with Gasteiger partial charge in [0.15, 0.2) is 0 Å². The fourth-order valence-electron chi connectivity index (χ4n) is 1.83. The van der Waals surface area contributed by atoms with Crippen LogP contribution in [0.4, 0.5) is 5.69 Å². The summed E-state index contributed by atoms with van der Waals surface area (Å²) in [5.74, 6) is -0.358. The fraction of sp³-hybridized carbons (Fsp3) is 0.214.